The van der Waals surface area contributed by atoms with Crippen LogP contribution in [-0.4, -0.2) is 30.9 Å². The summed E-state index contributed by atoms with van der Waals surface area (Å²) in [6.45, 7) is 0. The normalized spacial score (nSPS) is 18.2. The first-order valence-corrected chi connectivity index (χ1v) is 7.72. The Balaban J connectivity index is 1.80. The number of nitrogens with one attached hydrogen (secondary N) is 1. The summed E-state index contributed by atoms with van der Waals surface area (Å²) in [5, 5.41) is 4.30. The number of hydrogen-bond donors (Lipinski definition) is 1. The van der Waals surface area contributed by atoms with Crippen molar-refractivity contribution in [1.29, 1.82) is 0 Å². The van der Waals surface area contributed by atoms with Gasteiger partial charge in [0.05, 0.1) is 10.7 Å². The average Bonchev–Trinajstić information content (AvgIpc) is 3.28. The summed E-state index contributed by atoms with van der Waals surface area (Å²) in [4.78, 5) is 13.6. The Labute approximate surface area is 125 Å². The molecule has 1 N–H and O–H groups in total. The molecule has 0 atom stereocenters. The Morgan fingerprint density at radius 1 is 1.25 bits per heavy atom. The molecule has 0 spiro atoms. The van der Waals surface area contributed by atoms with Gasteiger partial charge in [0.15, 0.2) is 0 Å². The van der Waals surface area contributed by atoms with Gasteiger partial charge in [-0.2, -0.15) is 0 Å². The molecule has 20 heavy (non-hydrogen) atoms. The average molecular weight is 293 g/mol. The fraction of sp³-hybridized carbons (Fsp3) is 0.562. The molecule has 0 saturated heterocycles. The van der Waals surface area contributed by atoms with Crippen LogP contribution in [0.2, 0.25) is 5.02 Å². The topological polar surface area (TPSA) is 32.3 Å². The zero-order valence-corrected chi connectivity index (χ0v) is 12.8. The SMILES string of the molecule is CN(C)C(=O)c1ccc(Cl)c(NC(C2CC2)C2CC2)c1. The number of carbonyl (C=O) groups is 1. The zero-order valence-electron chi connectivity index (χ0n) is 12.0. The molecule has 2 fully saturated rings. The molecule has 0 heterocycles. The van der Waals surface area contributed by atoms with Gasteiger partial charge < -0.3 is 10.2 Å². The van der Waals surface area contributed by atoms with Gasteiger partial charge in [-0.25, -0.2) is 0 Å². The first-order chi connectivity index (χ1) is 9.56. The van der Waals surface area contributed by atoms with Gasteiger partial charge in [-0.05, 0) is 55.7 Å². The molecule has 108 valence electrons. The highest BCUT2D eigenvalue weighted by atomic mass is 35.5. The second-order valence-corrected chi connectivity index (χ2v) is 6.65. The van der Waals surface area contributed by atoms with Crippen LogP contribution in [0.1, 0.15) is 36.0 Å². The van der Waals surface area contributed by atoms with Crippen molar-refractivity contribution in [3.05, 3.63) is 28.8 Å². The number of carbonyl (C=O) groups excluding carboxylic acids is 1. The molecule has 2 aliphatic rings. The molecule has 1 aromatic rings. The minimum Gasteiger partial charge on any atom is -0.381 e. The Bertz CT molecular complexity index is 509. The first kappa shape index (κ1) is 13.7. The smallest absolute Gasteiger partial charge is 0.253 e. The van der Waals surface area contributed by atoms with E-state index in [1.165, 1.54) is 25.7 Å². The number of hydrogen-bond acceptors (Lipinski definition) is 2. The summed E-state index contributed by atoms with van der Waals surface area (Å²) < 4.78 is 0. The Morgan fingerprint density at radius 2 is 1.85 bits per heavy atom. The lowest BCUT2D eigenvalue weighted by atomic mass is 10.1. The summed E-state index contributed by atoms with van der Waals surface area (Å²) >= 11 is 6.29. The number of rotatable bonds is 5. The molecule has 2 saturated carbocycles. The van der Waals surface area contributed by atoms with Crippen molar-refractivity contribution in [3.8, 4) is 0 Å². The maximum absolute atomic E-state index is 12.0. The minimum absolute atomic E-state index is 0.0131. The van der Waals surface area contributed by atoms with E-state index in [1.54, 1.807) is 25.1 Å². The van der Waals surface area contributed by atoms with Crippen LogP contribution in [0.15, 0.2) is 18.2 Å². The van der Waals surface area contributed by atoms with Crippen molar-refractivity contribution < 1.29 is 4.79 Å². The lowest BCUT2D eigenvalue weighted by Gasteiger charge is -2.21. The number of halogens is 1. The van der Waals surface area contributed by atoms with Gasteiger partial charge in [-0.15, -0.1) is 0 Å². The molecule has 2 aliphatic carbocycles. The number of nitrogens with zero attached hydrogens (tertiary/aromatic N) is 1. The van der Waals surface area contributed by atoms with Crippen LogP contribution >= 0.6 is 11.6 Å². The van der Waals surface area contributed by atoms with Crippen LogP contribution in [0.25, 0.3) is 0 Å². The summed E-state index contributed by atoms with van der Waals surface area (Å²) in [7, 11) is 3.53. The molecule has 3 nitrogen and oxygen atoms in total. The van der Waals surface area contributed by atoms with Gasteiger partial charge >= 0.3 is 0 Å². The third kappa shape index (κ3) is 2.93. The van der Waals surface area contributed by atoms with E-state index < -0.39 is 0 Å². The first-order valence-electron chi connectivity index (χ1n) is 7.34. The minimum atomic E-state index is 0.0131. The van der Waals surface area contributed by atoms with Gasteiger partial charge in [0.25, 0.3) is 5.91 Å². The molecule has 1 amide bonds. The van der Waals surface area contributed by atoms with Gasteiger partial charge in [-0.1, -0.05) is 11.6 Å². The summed E-state index contributed by atoms with van der Waals surface area (Å²) in [5.74, 6) is 1.61. The van der Waals surface area contributed by atoms with Gasteiger partial charge in [0.2, 0.25) is 0 Å². The largest absolute Gasteiger partial charge is 0.381 e. The van der Waals surface area contributed by atoms with E-state index in [2.05, 4.69) is 5.32 Å². The van der Waals surface area contributed by atoms with Crippen LogP contribution in [0.3, 0.4) is 0 Å². The molecule has 4 heteroatoms. The van der Waals surface area contributed by atoms with Crippen LogP contribution in [0.5, 0.6) is 0 Å². The van der Waals surface area contributed by atoms with Crippen molar-refractivity contribution in [2.75, 3.05) is 19.4 Å². The van der Waals surface area contributed by atoms with Crippen LogP contribution in [-0.2, 0) is 0 Å². The van der Waals surface area contributed by atoms with Gasteiger partial charge in [0, 0.05) is 25.7 Å². The predicted molar refractivity (Wildman–Crippen MR) is 82.3 cm³/mol. The highest BCUT2D eigenvalue weighted by Crippen LogP contribution is 2.46. The molecule has 0 aliphatic heterocycles. The fourth-order valence-corrected chi connectivity index (χ4v) is 2.91. The molecule has 0 radical (unpaired) electrons. The van der Waals surface area contributed by atoms with Crippen molar-refractivity contribution >= 4 is 23.2 Å². The van der Waals surface area contributed by atoms with Crippen molar-refractivity contribution in [2.45, 2.75) is 31.7 Å². The number of anilines is 1. The monoisotopic (exact) mass is 292 g/mol. The van der Waals surface area contributed by atoms with E-state index in [-0.39, 0.29) is 5.91 Å². The maximum atomic E-state index is 12.0. The van der Waals surface area contributed by atoms with E-state index in [4.69, 9.17) is 11.6 Å². The third-order valence-electron chi connectivity index (χ3n) is 4.20. The van der Waals surface area contributed by atoms with Crippen molar-refractivity contribution in [3.63, 3.8) is 0 Å². The van der Waals surface area contributed by atoms with Crippen LogP contribution in [0, 0.1) is 11.8 Å². The summed E-state index contributed by atoms with van der Waals surface area (Å²) in [6, 6.07) is 6.04. The lowest BCUT2D eigenvalue weighted by molar-refractivity contribution is 0.0827. The van der Waals surface area contributed by atoms with Crippen molar-refractivity contribution in [2.24, 2.45) is 11.8 Å². The van der Waals surface area contributed by atoms with E-state index in [1.807, 2.05) is 12.1 Å². The molecule has 0 aromatic heterocycles. The highest BCUT2D eigenvalue weighted by Gasteiger charge is 2.41. The summed E-state index contributed by atoms with van der Waals surface area (Å²) in [5.41, 5.74) is 1.59. The maximum Gasteiger partial charge on any atom is 0.253 e. The predicted octanol–water partition coefficient (Wildman–Crippen LogP) is 3.64. The Morgan fingerprint density at radius 3 is 2.35 bits per heavy atom. The highest BCUT2D eigenvalue weighted by molar-refractivity contribution is 6.33. The molecule has 0 unspecified atom stereocenters. The number of amides is 1. The van der Waals surface area contributed by atoms with Crippen LogP contribution < -0.4 is 5.32 Å². The molecule has 0 bridgehead atoms. The molecule has 1 aromatic carbocycles. The second-order valence-electron chi connectivity index (χ2n) is 6.24. The lowest BCUT2D eigenvalue weighted by Crippen LogP contribution is -2.25. The van der Waals surface area contributed by atoms with E-state index >= 15 is 0 Å². The fourth-order valence-electron chi connectivity index (χ4n) is 2.74. The quantitative estimate of drug-likeness (QED) is 0.898. The standard InChI is InChI=1S/C16H21ClN2O/c1-19(2)16(20)12-7-8-13(17)14(9-12)18-15(10-3-4-10)11-5-6-11/h7-11,15,18H,3-6H2,1-2H3. The second kappa shape index (κ2) is 5.28. The zero-order chi connectivity index (χ0) is 14.3. The van der Waals surface area contributed by atoms with Crippen LogP contribution in [0.4, 0.5) is 5.69 Å². The van der Waals surface area contributed by atoms with E-state index in [0.29, 0.717) is 16.6 Å². The van der Waals surface area contributed by atoms with Gasteiger partial charge in [0.1, 0.15) is 0 Å². The van der Waals surface area contributed by atoms with E-state index in [0.717, 1.165) is 17.5 Å². The number of benzene rings is 1. The summed E-state index contributed by atoms with van der Waals surface area (Å²) in [6.07, 6.45) is 5.29. The van der Waals surface area contributed by atoms with Gasteiger partial charge in [-0.3, -0.25) is 4.79 Å². The molecular weight excluding hydrogens is 272 g/mol. The Hall–Kier alpha value is -1.22. The Kier molecular flexibility index (Phi) is 3.63. The molecule has 3 rings (SSSR count). The van der Waals surface area contributed by atoms with Crippen molar-refractivity contribution in [1.82, 2.24) is 4.90 Å². The third-order valence-corrected chi connectivity index (χ3v) is 4.53. The van der Waals surface area contributed by atoms with E-state index in [9.17, 15) is 4.79 Å². The molecular formula is C16H21ClN2O.